The first-order chi connectivity index (χ1) is 22.0. The molecule has 3 N–H and O–H groups in total. The number of hydrogen-bond donors (Lipinski definition) is 3. The average molecular weight is 657 g/mol. The van der Waals surface area contributed by atoms with Crippen LogP contribution in [-0.2, 0) is 32.2 Å². The van der Waals surface area contributed by atoms with Crippen molar-refractivity contribution < 1.29 is 43.5 Å². The normalized spacial score (nSPS) is 11.6. The first kappa shape index (κ1) is 38.7. The molecule has 0 aliphatic heterocycles. The second-order valence-corrected chi connectivity index (χ2v) is 12.4. The lowest BCUT2D eigenvalue weighted by molar-refractivity contribution is -0.0401. The van der Waals surface area contributed by atoms with Crippen molar-refractivity contribution in [1.29, 1.82) is 0 Å². The maximum absolute atomic E-state index is 12.3. The van der Waals surface area contributed by atoms with Crippen LogP contribution in [-0.4, -0.2) is 64.9 Å². The van der Waals surface area contributed by atoms with E-state index in [-0.39, 0.29) is 19.0 Å². The molecule has 47 heavy (non-hydrogen) atoms. The summed E-state index contributed by atoms with van der Waals surface area (Å²) in [7, 11) is 0. The molecule has 0 saturated carbocycles. The fourth-order valence-corrected chi connectivity index (χ4v) is 3.53. The molecule has 0 unspecified atom stereocenters. The van der Waals surface area contributed by atoms with Crippen LogP contribution in [0.5, 0.6) is 0 Å². The van der Waals surface area contributed by atoms with Crippen LogP contribution in [0.15, 0.2) is 48.5 Å². The number of aromatic nitrogens is 4. The molecule has 0 atom stereocenters. The summed E-state index contributed by atoms with van der Waals surface area (Å²) in [4.78, 5) is 46.1. The van der Waals surface area contributed by atoms with Crippen LogP contribution in [0, 0.1) is 0 Å². The summed E-state index contributed by atoms with van der Waals surface area (Å²) in [5, 5.41) is 18.1. The van der Waals surface area contributed by atoms with Gasteiger partial charge in [-0.15, -0.1) is 0 Å². The molecule has 0 spiro atoms. The number of aliphatic hydroxyl groups is 2. The highest BCUT2D eigenvalue weighted by molar-refractivity contribution is 5.87. The minimum atomic E-state index is -1.03. The number of H-pyrrole nitrogens is 1. The number of nitrogens with zero attached hydrogens (tertiary/aromatic N) is 3. The molecule has 0 fully saturated rings. The molecular formula is C34H48N4O9. The number of aliphatic hydroxyl groups excluding tert-OH is 2. The van der Waals surface area contributed by atoms with Gasteiger partial charge in [-0.25, -0.2) is 28.9 Å². The molecule has 13 heteroatoms. The van der Waals surface area contributed by atoms with Gasteiger partial charge in [0.1, 0.15) is 41.7 Å². The summed E-state index contributed by atoms with van der Waals surface area (Å²) in [5.41, 5.74) is 1.32. The molecule has 0 saturated heterocycles. The van der Waals surface area contributed by atoms with Crippen molar-refractivity contribution in [3.63, 3.8) is 0 Å². The zero-order valence-corrected chi connectivity index (χ0v) is 28.7. The number of ether oxygens (including phenoxy) is 4. The largest absolute Gasteiger partial charge is 0.519 e. The van der Waals surface area contributed by atoms with Gasteiger partial charge in [-0.1, -0.05) is 45.0 Å². The molecule has 2 aromatic heterocycles. The highest BCUT2D eigenvalue weighted by Crippen LogP contribution is 2.21. The van der Waals surface area contributed by atoms with E-state index in [0.717, 1.165) is 11.0 Å². The summed E-state index contributed by atoms with van der Waals surface area (Å²) >= 11 is 0. The standard InChI is InChI=1S/C14H18N2O3.C12H22O5.C8H8N2O/c1-4-14(2,3)19-13(18)16-11-8-6-5-7-10(11)15-12(16)9-17;1-7-11(3,4)16-9(13)15-10(14)17-12(5,6)8-2;11-5-8-9-6-3-1-2-4-7(6)10-8/h5-8,17H,4,9H2,1-3H3;7-8H2,1-6H3;1-4,11H,5H2,(H,9,10). The highest BCUT2D eigenvalue weighted by Gasteiger charge is 2.28. The Hall–Kier alpha value is -4.49. The summed E-state index contributed by atoms with van der Waals surface area (Å²) in [6.45, 7) is 16.0. The van der Waals surface area contributed by atoms with Crippen molar-refractivity contribution >= 4 is 40.5 Å². The van der Waals surface area contributed by atoms with Crippen molar-refractivity contribution in [3.8, 4) is 0 Å². The van der Waals surface area contributed by atoms with Crippen molar-refractivity contribution in [3.05, 3.63) is 60.2 Å². The number of aromatic amines is 1. The number of rotatable bonds is 8. The van der Waals surface area contributed by atoms with Crippen LogP contribution in [0.1, 0.15) is 93.2 Å². The van der Waals surface area contributed by atoms with E-state index in [1.807, 2.05) is 71.0 Å². The van der Waals surface area contributed by atoms with Gasteiger partial charge in [0.25, 0.3) is 0 Å². The molecule has 0 aliphatic carbocycles. The molecule has 13 nitrogen and oxygen atoms in total. The van der Waals surface area contributed by atoms with E-state index in [1.54, 1.807) is 39.8 Å². The molecule has 0 amide bonds. The highest BCUT2D eigenvalue weighted by atomic mass is 16.8. The summed E-state index contributed by atoms with van der Waals surface area (Å²) in [5.74, 6) is 0.907. The van der Waals surface area contributed by atoms with E-state index in [1.165, 1.54) is 4.57 Å². The second-order valence-electron chi connectivity index (χ2n) is 12.4. The van der Waals surface area contributed by atoms with E-state index in [4.69, 9.17) is 19.3 Å². The Kier molecular flexibility index (Phi) is 13.9. The Labute approximate surface area is 275 Å². The molecule has 0 aliphatic rings. The van der Waals surface area contributed by atoms with Crippen LogP contribution < -0.4 is 0 Å². The van der Waals surface area contributed by atoms with Gasteiger partial charge in [-0.2, -0.15) is 0 Å². The zero-order chi connectivity index (χ0) is 35.4. The predicted octanol–water partition coefficient (Wildman–Crippen LogP) is 7.41. The van der Waals surface area contributed by atoms with Crippen molar-refractivity contribution in [1.82, 2.24) is 19.5 Å². The Morgan fingerprint density at radius 3 is 1.68 bits per heavy atom. The Balaban J connectivity index is 0.000000253. The minimum absolute atomic E-state index is 0.0331. The summed E-state index contributed by atoms with van der Waals surface area (Å²) < 4.78 is 21.1. The SMILES string of the molecule is CCC(C)(C)OC(=O)OC(=O)OC(C)(C)CC.CCC(C)(C)OC(=O)n1c(CO)nc2ccccc21.OCc1nc2ccccc2[nH]1. The number of para-hydroxylation sites is 4. The van der Waals surface area contributed by atoms with Crippen molar-refractivity contribution in [2.75, 3.05) is 0 Å². The molecule has 4 aromatic rings. The van der Waals surface area contributed by atoms with Crippen molar-refractivity contribution in [2.45, 2.75) is 112 Å². The molecule has 0 bridgehead atoms. The molecule has 4 rings (SSSR count). The topological polar surface area (TPSA) is 175 Å². The molecule has 0 radical (unpaired) electrons. The quantitative estimate of drug-likeness (QED) is 0.0978. The van der Waals surface area contributed by atoms with Crippen LogP contribution >= 0.6 is 0 Å². The van der Waals surface area contributed by atoms with E-state index in [2.05, 4.69) is 19.7 Å². The first-order valence-electron chi connectivity index (χ1n) is 15.5. The van der Waals surface area contributed by atoms with Gasteiger partial charge < -0.3 is 34.1 Å². The van der Waals surface area contributed by atoms with E-state index >= 15 is 0 Å². The van der Waals surface area contributed by atoms with Gasteiger partial charge in [0.15, 0.2) is 0 Å². The fraction of sp³-hybridized carbons (Fsp3) is 0.500. The van der Waals surface area contributed by atoms with Crippen LogP contribution in [0.2, 0.25) is 0 Å². The maximum atomic E-state index is 12.3. The summed E-state index contributed by atoms with van der Waals surface area (Å²) in [6.07, 6.45) is -0.623. The van der Waals surface area contributed by atoms with E-state index < -0.39 is 35.2 Å². The number of nitrogens with one attached hydrogen (secondary N) is 1. The Morgan fingerprint density at radius 2 is 1.19 bits per heavy atom. The monoisotopic (exact) mass is 656 g/mol. The number of fused-ring (bicyclic) bond motifs is 2. The van der Waals surface area contributed by atoms with Gasteiger partial charge in [0.05, 0.1) is 22.1 Å². The Morgan fingerprint density at radius 1 is 0.702 bits per heavy atom. The lowest BCUT2D eigenvalue weighted by Crippen LogP contribution is -2.32. The van der Waals surface area contributed by atoms with Crippen LogP contribution in [0.4, 0.5) is 14.4 Å². The number of imidazole rings is 2. The van der Waals surface area contributed by atoms with Gasteiger partial charge >= 0.3 is 18.4 Å². The van der Waals surface area contributed by atoms with Gasteiger partial charge in [0, 0.05) is 0 Å². The molecular weight excluding hydrogens is 608 g/mol. The molecule has 258 valence electrons. The number of hydrogen-bond acceptors (Lipinski definition) is 11. The van der Waals surface area contributed by atoms with Crippen LogP contribution in [0.3, 0.4) is 0 Å². The van der Waals surface area contributed by atoms with Crippen molar-refractivity contribution in [2.24, 2.45) is 0 Å². The number of benzene rings is 2. The lowest BCUT2D eigenvalue weighted by atomic mass is 10.1. The van der Waals surface area contributed by atoms with Crippen LogP contribution in [0.25, 0.3) is 22.1 Å². The smallest absolute Gasteiger partial charge is 0.443 e. The first-order valence-corrected chi connectivity index (χ1v) is 15.5. The third kappa shape index (κ3) is 12.0. The minimum Gasteiger partial charge on any atom is -0.443 e. The third-order valence-electron chi connectivity index (χ3n) is 7.35. The van der Waals surface area contributed by atoms with Gasteiger partial charge in [-0.05, 0) is 85.1 Å². The molecule has 2 aromatic carbocycles. The number of carbonyl (C=O) groups is 3. The predicted molar refractivity (Wildman–Crippen MR) is 177 cm³/mol. The third-order valence-corrected chi connectivity index (χ3v) is 7.35. The van der Waals surface area contributed by atoms with Gasteiger partial charge in [-0.3, -0.25) is 0 Å². The number of carbonyl (C=O) groups excluding carboxylic acids is 3. The zero-order valence-electron chi connectivity index (χ0n) is 28.7. The Bertz CT molecular complexity index is 1560. The van der Waals surface area contributed by atoms with Gasteiger partial charge in [0.2, 0.25) is 0 Å². The fourth-order valence-electron chi connectivity index (χ4n) is 3.53. The summed E-state index contributed by atoms with van der Waals surface area (Å²) in [6, 6.07) is 14.9. The van der Waals surface area contributed by atoms with E-state index in [9.17, 15) is 19.5 Å². The average Bonchev–Trinajstić information content (AvgIpc) is 3.62. The second kappa shape index (κ2) is 16.9. The maximum Gasteiger partial charge on any atom is 0.519 e. The lowest BCUT2D eigenvalue weighted by Gasteiger charge is -2.24. The van der Waals surface area contributed by atoms with E-state index in [0.29, 0.717) is 36.1 Å². The molecule has 2 heterocycles.